The summed E-state index contributed by atoms with van der Waals surface area (Å²) in [6, 6.07) is 0. The molecule has 1 saturated carbocycles. The van der Waals surface area contributed by atoms with Crippen LogP contribution in [0, 0.1) is 0 Å². The van der Waals surface area contributed by atoms with Crippen molar-refractivity contribution >= 4 is 26.0 Å². The van der Waals surface area contributed by atoms with Gasteiger partial charge in [-0.2, -0.15) is 0 Å². The monoisotopic (exact) mass is 255 g/mol. The third-order valence-corrected chi connectivity index (χ3v) is 4.90. The van der Waals surface area contributed by atoms with Crippen LogP contribution >= 0.6 is 15.9 Å². The number of alkyl halides is 1. The third-order valence-electron chi connectivity index (χ3n) is 2.32. The molecule has 0 aromatic rings. The molecular weight excluding hydrogens is 242 g/mol. The first-order valence-corrected chi connectivity index (χ1v) is 6.88. The number of hydrogen-bond acceptors (Lipinski definition) is 2. The van der Waals surface area contributed by atoms with Gasteiger partial charge in [0.25, 0.3) is 0 Å². The minimum atomic E-state index is -3.03. The van der Waals surface area contributed by atoms with E-state index in [-0.39, 0.29) is 11.3 Å². The summed E-state index contributed by atoms with van der Waals surface area (Å²) in [6.07, 6.45) is 3.03. The topological polar surface area (TPSA) is 46.2 Å². The van der Waals surface area contributed by atoms with Gasteiger partial charge in [0.2, 0.25) is 10.0 Å². The third kappa shape index (κ3) is 2.20. The standard InChI is InChI=1S/C7H14BrNO2S/c1-2-12(10,11)9-7(6-8)4-3-5-7/h9H,2-6H2,1H3. The van der Waals surface area contributed by atoms with Crippen molar-refractivity contribution in [2.24, 2.45) is 0 Å². The van der Waals surface area contributed by atoms with Gasteiger partial charge < -0.3 is 0 Å². The maximum atomic E-state index is 11.2. The molecule has 0 radical (unpaired) electrons. The highest BCUT2D eigenvalue weighted by molar-refractivity contribution is 9.09. The summed E-state index contributed by atoms with van der Waals surface area (Å²) in [7, 11) is -3.03. The molecule has 0 aromatic heterocycles. The largest absolute Gasteiger partial charge is 0.212 e. The Balaban J connectivity index is 2.60. The van der Waals surface area contributed by atoms with E-state index in [1.165, 1.54) is 0 Å². The van der Waals surface area contributed by atoms with Crippen molar-refractivity contribution in [1.82, 2.24) is 4.72 Å². The van der Waals surface area contributed by atoms with Crippen molar-refractivity contribution in [2.45, 2.75) is 31.7 Å². The van der Waals surface area contributed by atoms with Gasteiger partial charge in [-0.05, 0) is 26.2 Å². The molecule has 5 heteroatoms. The lowest BCUT2D eigenvalue weighted by Gasteiger charge is -2.40. The molecule has 1 aliphatic rings. The van der Waals surface area contributed by atoms with E-state index in [1.54, 1.807) is 6.92 Å². The lowest BCUT2D eigenvalue weighted by atomic mass is 9.80. The van der Waals surface area contributed by atoms with Crippen molar-refractivity contribution in [2.75, 3.05) is 11.1 Å². The summed E-state index contributed by atoms with van der Waals surface area (Å²) >= 11 is 3.34. The molecule has 1 N–H and O–H groups in total. The van der Waals surface area contributed by atoms with Gasteiger partial charge in [-0.25, -0.2) is 13.1 Å². The van der Waals surface area contributed by atoms with Gasteiger partial charge in [0.15, 0.2) is 0 Å². The zero-order valence-corrected chi connectivity index (χ0v) is 9.54. The smallest absolute Gasteiger partial charge is 0.211 e. The van der Waals surface area contributed by atoms with E-state index in [0.29, 0.717) is 0 Å². The van der Waals surface area contributed by atoms with Gasteiger partial charge in [-0.1, -0.05) is 15.9 Å². The second-order valence-electron chi connectivity index (χ2n) is 3.27. The zero-order chi connectivity index (χ0) is 9.24. The highest BCUT2D eigenvalue weighted by atomic mass is 79.9. The molecule has 0 saturated heterocycles. The lowest BCUT2D eigenvalue weighted by molar-refractivity contribution is 0.256. The molecular formula is C7H14BrNO2S. The van der Waals surface area contributed by atoms with Gasteiger partial charge in [0.05, 0.1) is 5.75 Å². The molecule has 72 valence electrons. The van der Waals surface area contributed by atoms with Crippen LogP contribution in [-0.2, 0) is 10.0 Å². The summed E-state index contributed by atoms with van der Waals surface area (Å²) in [5.41, 5.74) is -0.172. The van der Waals surface area contributed by atoms with Crippen LogP contribution in [0.2, 0.25) is 0 Å². The van der Waals surface area contributed by atoms with E-state index in [2.05, 4.69) is 20.7 Å². The number of rotatable bonds is 4. The molecule has 1 aliphatic carbocycles. The van der Waals surface area contributed by atoms with Gasteiger partial charge >= 0.3 is 0 Å². The van der Waals surface area contributed by atoms with Crippen LogP contribution < -0.4 is 4.72 Å². The van der Waals surface area contributed by atoms with Crippen LogP contribution in [0.1, 0.15) is 26.2 Å². The van der Waals surface area contributed by atoms with Crippen molar-refractivity contribution in [3.8, 4) is 0 Å². The second-order valence-corrected chi connectivity index (χ2v) is 5.84. The van der Waals surface area contributed by atoms with Crippen LogP contribution in [0.25, 0.3) is 0 Å². The van der Waals surface area contributed by atoms with E-state index in [1.807, 2.05) is 0 Å². The quantitative estimate of drug-likeness (QED) is 0.769. The fourth-order valence-corrected chi connectivity index (χ4v) is 3.24. The molecule has 12 heavy (non-hydrogen) atoms. The highest BCUT2D eigenvalue weighted by Crippen LogP contribution is 2.33. The molecule has 3 nitrogen and oxygen atoms in total. The Morgan fingerprint density at radius 1 is 1.50 bits per heavy atom. The Hall–Kier alpha value is 0.390. The van der Waals surface area contributed by atoms with Crippen LogP contribution in [0.15, 0.2) is 0 Å². The van der Waals surface area contributed by atoms with E-state index in [4.69, 9.17) is 0 Å². The lowest BCUT2D eigenvalue weighted by Crippen LogP contribution is -2.55. The average Bonchev–Trinajstić information content (AvgIpc) is 1.97. The number of nitrogens with one attached hydrogen (secondary N) is 1. The number of sulfonamides is 1. The molecule has 0 atom stereocenters. The summed E-state index contributed by atoms with van der Waals surface area (Å²) in [5.74, 6) is 0.168. The minimum Gasteiger partial charge on any atom is -0.212 e. The molecule has 0 amide bonds. The van der Waals surface area contributed by atoms with Crippen LogP contribution in [0.4, 0.5) is 0 Å². The fourth-order valence-electron chi connectivity index (χ4n) is 1.27. The first kappa shape index (κ1) is 10.5. The van der Waals surface area contributed by atoms with Crippen molar-refractivity contribution in [3.63, 3.8) is 0 Å². The number of hydrogen-bond donors (Lipinski definition) is 1. The normalized spacial score (nSPS) is 21.8. The number of halogens is 1. The molecule has 0 spiro atoms. The summed E-state index contributed by atoms with van der Waals surface area (Å²) in [6.45, 7) is 1.66. The fraction of sp³-hybridized carbons (Fsp3) is 1.00. The average molecular weight is 256 g/mol. The van der Waals surface area contributed by atoms with Crippen LogP contribution in [0.3, 0.4) is 0 Å². The van der Waals surface area contributed by atoms with Crippen molar-refractivity contribution in [3.05, 3.63) is 0 Å². The van der Waals surface area contributed by atoms with Gasteiger partial charge in [-0.3, -0.25) is 0 Å². The van der Waals surface area contributed by atoms with E-state index in [0.717, 1.165) is 24.6 Å². The Morgan fingerprint density at radius 2 is 2.08 bits per heavy atom. The van der Waals surface area contributed by atoms with Crippen LogP contribution in [0.5, 0.6) is 0 Å². The summed E-state index contributed by atoms with van der Waals surface area (Å²) in [5, 5.41) is 0.721. The van der Waals surface area contributed by atoms with Gasteiger partial charge in [-0.15, -0.1) is 0 Å². The SMILES string of the molecule is CCS(=O)(=O)NC1(CBr)CCC1. The Kier molecular flexibility index (Phi) is 3.17. The van der Waals surface area contributed by atoms with Crippen molar-refractivity contribution in [1.29, 1.82) is 0 Å². The summed E-state index contributed by atoms with van der Waals surface area (Å²) in [4.78, 5) is 0. The Morgan fingerprint density at radius 3 is 2.33 bits per heavy atom. The van der Waals surface area contributed by atoms with E-state index in [9.17, 15) is 8.42 Å². The maximum Gasteiger partial charge on any atom is 0.211 e. The Bertz CT molecular complexity index is 241. The summed E-state index contributed by atoms with van der Waals surface area (Å²) < 4.78 is 25.2. The molecule has 1 rings (SSSR count). The van der Waals surface area contributed by atoms with Crippen LogP contribution in [-0.4, -0.2) is 25.0 Å². The molecule has 1 fully saturated rings. The van der Waals surface area contributed by atoms with Crippen molar-refractivity contribution < 1.29 is 8.42 Å². The zero-order valence-electron chi connectivity index (χ0n) is 7.14. The molecule has 0 aromatic carbocycles. The van der Waals surface area contributed by atoms with Gasteiger partial charge in [0.1, 0.15) is 0 Å². The first-order valence-electron chi connectivity index (χ1n) is 4.11. The predicted molar refractivity (Wildman–Crippen MR) is 53.0 cm³/mol. The van der Waals surface area contributed by atoms with E-state index >= 15 is 0 Å². The minimum absolute atomic E-state index is 0.168. The Labute approximate surface area is 82.1 Å². The second kappa shape index (κ2) is 3.64. The molecule has 0 bridgehead atoms. The molecule has 0 unspecified atom stereocenters. The molecule has 0 aliphatic heterocycles. The maximum absolute atomic E-state index is 11.2. The van der Waals surface area contributed by atoms with Gasteiger partial charge in [0, 0.05) is 10.9 Å². The molecule has 0 heterocycles. The highest BCUT2D eigenvalue weighted by Gasteiger charge is 2.38. The van der Waals surface area contributed by atoms with E-state index < -0.39 is 10.0 Å². The first-order chi connectivity index (χ1) is 5.54. The predicted octanol–water partition coefficient (Wildman–Crippen LogP) is 1.24.